The van der Waals surface area contributed by atoms with E-state index in [2.05, 4.69) is 10.5 Å². The lowest BCUT2D eigenvalue weighted by Crippen LogP contribution is -2.26. The van der Waals surface area contributed by atoms with E-state index in [1.807, 2.05) is 37.3 Å². The Labute approximate surface area is 167 Å². The lowest BCUT2D eigenvalue weighted by molar-refractivity contribution is -0.144. The Morgan fingerprint density at radius 2 is 1.97 bits per heavy atom. The van der Waals surface area contributed by atoms with Gasteiger partial charge in [0.1, 0.15) is 12.4 Å². The number of esters is 1. The number of aryl methyl sites for hydroxylation is 1. The van der Waals surface area contributed by atoms with Gasteiger partial charge in [-0.05, 0) is 30.2 Å². The summed E-state index contributed by atoms with van der Waals surface area (Å²) in [6.45, 7) is 2.19. The maximum absolute atomic E-state index is 14.0. The predicted octanol–water partition coefficient (Wildman–Crippen LogP) is 3.91. The monoisotopic (exact) mass is 396 g/mol. The molecule has 0 aliphatic rings. The van der Waals surface area contributed by atoms with Crippen LogP contribution >= 0.6 is 0 Å². The van der Waals surface area contributed by atoms with E-state index in [-0.39, 0.29) is 25.1 Å². The third kappa shape index (κ3) is 5.51. The first kappa shape index (κ1) is 20.3. The molecule has 3 aromatic rings. The zero-order valence-electron chi connectivity index (χ0n) is 16.0. The molecule has 1 aromatic heterocycles. The highest BCUT2D eigenvalue weighted by atomic mass is 19.1. The predicted molar refractivity (Wildman–Crippen MR) is 104 cm³/mol. The lowest BCUT2D eigenvalue weighted by atomic mass is 10.0. The molecule has 0 saturated heterocycles. The van der Waals surface area contributed by atoms with Crippen molar-refractivity contribution in [2.24, 2.45) is 0 Å². The summed E-state index contributed by atoms with van der Waals surface area (Å²) in [6.07, 6.45) is 2.26. The number of aromatic nitrogens is 1. The van der Waals surface area contributed by atoms with Crippen LogP contribution in [-0.2, 0) is 22.6 Å². The Hall–Kier alpha value is -3.48. The number of rotatable bonds is 8. The second kappa shape index (κ2) is 9.64. The molecule has 6 nitrogen and oxygen atoms in total. The van der Waals surface area contributed by atoms with Crippen molar-refractivity contribution in [2.45, 2.75) is 26.4 Å². The van der Waals surface area contributed by atoms with E-state index in [0.29, 0.717) is 17.7 Å². The Kier molecular flexibility index (Phi) is 6.73. The van der Waals surface area contributed by atoms with Crippen LogP contribution in [0.25, 0.3) is 11.3 Å². The number of nitrogens with zero attached hydrogens (tertiary/aromatic N) is 1. The van der Waals surface area contributed by atoms with E-state index in [1.54, 1.807) is 6.20 Å². The Morgan fingerprint density at radius 1 is 1.17 bits per heavy atom. The van der Waals surface area contributed by atoms with Crippen LogP contribution in [0.3, 0.4) is 0 Å². The number of amides is 1. The maximum atomic E-state index is 14.0. The first-order valence-electron chi connectivity index (χ1n) is 9.29. The van der Waals surface area contributed by atoms with Gasteiger partial charge < -0.3 is 14.6 Å². The lowest BCUT2D eigenvalue weighted by Gasteiger charge is -2.08. The van der Waals surface area contributed by atoms with E-state index in [1.165, 1.54) is 12.1 Å². The number of hydrogen-bond donors (Lipinski definition) is 1. The molecular formula is C22H21FN2O4. The van der Waals surface area contributed by atoms with E-state index in [4.69, 9.17) is 9.26 Å². The molecule has 0 saturated carbocycles. The molecule has 7 heteroatoms. The van der Waals surface area contributed by atoms with Gasteiger partial charge in [0.05, 0.1) is 12.6 Å². The van der Waals surface area contributed by atoms with Crippen LogP contribution < -0.4 is 5.32 Å². The fraction of sp³-hybridized carbons (Fsp3) is 0.227. The standard InChI is InChI=1S/C22H21FN2O4/c1-2-16-13-25-29-21(16)17-10-18(12-19(23)11-17)22(27)24-9-8-20(26)28-14-15-6-4-3-5-7-15/h3-7,10-13H,2,8-9,14H2,1H3,(H,24,27). The Balaban J connectivity index is 1.55. The van der Waals surface area contributed by atoms with Crippen LogP contribution in [0.2, 0.25) is 0 Å². The van der Waals surface area contributed by atoms with Crippen LogP contribution in [-0.4, -0.2) is 23.6 Å². The minimum Gasteiger partial charge on any atom is -0.461 e. The highest BCUT2D eigenvalue weighted by molar-refractivity contribution is 5.95. The Morgan fingerprint density at radius 3 is 2.72 bits per heavy atom. The number of hydrogen-bond acceptors (Lipinski definition) is 5. The van der Waals surface area contributed by atoms with Crippen molar-refractivity contribution in [3.63, 3.8) is 0 Å². The summed E-state index contributed by atoms with van der Waals surface area (Å²) in [7, 11) is 0. The molecule has 2 aromatic carbocycles. The van der Waals surface area contributed by atoms with Gasteiger partial charge >= 0.3 is 5.97 Å². The maximum Gasteiger partial charge on any atom is 0.307 e. The molecule has 0 unspecified atom stereocenters. The molecule has 3 rings (SSSR count). The van der Waals surface area contributed by atoms with Gasteiger partial charge in [-0.2, -0.15) is 0 Å². The molecule has 0 atom stereocenters. The minimum atomic E-state index is -0.562. The van der Waals surface area contributed by atoms with Crippen molar-refractivity contribution in [2.75, 3.05) is 6.54 Å². The van der Waals surface area contributed by atoms with E-state index < -0.39 is 17.7 Å². The number of carbonyl (C=O) groups excluding carboxylic acids is 2. The first-order valence-corrected chi connectivity index (χ1v) is 9.29. The smallest absolute Gasteiger partial charge is 0.307 e. The summed E-state index contributed by atoms with van der Waals surface area (Å²) < 4.78 is 24.4. The summed E-state index contributed by atoms with van der Waals surface area (Å²) in [5.41, 5.74) is 2.28. The summed E-state index contributed by atoms with van der Waals surface area (Å²) in [5, 5.41) is 6.34. The zero-order valence-corrected chi connectivity index (χ0v) is 16.0. The second-order valence-corrected chi connectivity index (χ2v) is 6.41. The molecule has 29 heavy (non-hydrogen) atoms. The van der Waals surface area contributed by atoms with Crippen molar-refractivity contribution in [3.8, 4) is 11.3 Å². The fourth-order valence-electron chi connectivity index (χ4n) is 2.79. The van der Waals surface area contributed by atoms with Crippen LogP contribution in [0.15, 0.2) is 59.3 Å². The molecular weight excluding hydrogens is 375 g/mol. The summed E-state index contributed by atoms with van der Waals surface area (Å²) in [4.78, 5) is 24.2. The van der Waals surface area contributed by atoms with Crippen molar-refractivity contribution < 1.29 is 23.2 Å². The molecule has 1 N–H and O–H groups in total. The third-order valence-corrected chi connectivity index (χ3v) is 4.30. The molecule has 150 valence electrons. The van der Waals surface area contributed by atoms with Gasteiger partial charge in [-0.15, -0.1) is 0 Å². The van der Waals surface area contributed by atoms with Gasteiger partial charge in [0.15, 0.2) is 5.76 Å². The summed E-state index contributed by atoms with van der Waals surface area (Å²) in [5.74, 6) is -1.04. The third-order valence-electron chi connectivity index (χ3n) is 4.30. The van der Waals surface area contributed by atoms with Crippen LogP contribution in [0, 0.1) is 5.82 Å². The summed E-state index contributed by atoms with van der Waals surface area (Å²) in [6, 6.07) is 13.3. The molecule has 1 heterocycles. The Bertz CT molecular complexity index is 985. The number of carbonyl (C=O) groups is 2. The fourth-order valence-corrected chi connectivity index (χ4v) is 2.79. The second-order valence-electron chi connectivity index (χ2n) is 6.41. The first-order chi connectivity index (χ1) is 14.1. The van der Waals surface area contributed by atoms with Crippen molar-refractivity contribution in [1.29, 1.82) is 0 Å². The van der Waals surface area contributed by atoms with Gasteiger partial charge in [0, 0.05) is 23.2 Å². The quantitative estimate of drug-likeness (QED) is 0.584. The molecule has 0 fully saturated rings. The van der Waals surface area contributed by atoms with Crippen molar-refractivity contribution in [3.05, 3.63) is 77.2 Å². The van der Waals surface area contributed by atoms with Crippen LogP contribution in [0.4, 0.5) is 4.39 Å². The number of halogens is 1. The molecule has 0 aliphatic heterocycles. The highest BCUT2D eigenvalue weighted by Crippen LogP contribution is 2.26. The number of nitrogens with one attached hydrogen (secondary N) is 1. The zero-order chi connectivity index (χ0) is 20.6. The molecule has 0 spiro atoms. The SMILES string of the molecule is CCc1cnoc1-c1cc(F)cc(C(=O)NCCC(=O)OCc2ccccc2)c1. The average Bonchev–Trinajstić information content (AvgIpc) is 3.21. The van der Waals surface area contributed by atoms with Crippen LogP contribution in [0.5, 0.6) is 0 Å². The molecule has 0 bridgehead atoms. The van der Waals surface area contributed by atoms with Gasteiger partial charge in [-0.1, -0.05) is 42.4 Å². The van der Waals surface area contributed by atoms with Crippen LogP contribution in [0.1, 0.15) is 34.8 Å². The normalized spacial score (nSPS) is 10.6. The number of ether oxygens (including phenoxy) is 1. The molecule has 1 amide bonds. The largest absolute Gasteiger partial charge is 0.461 e. The van der Waals surface area contributed by atoms with E-state index in [9.17, 15) is 14.0 Å². The van der Waals surface area contributed by atoms with Crippen molar-refractivity contribution in [1.82, 2.24) is 10.5 Å². The highest BCUT2D eigenvalue weighted by Gasteiger charge is 2.15. The topological polar surface area (TPSA) is 81.4 Å². The molecule has 0 radical (unpaired) electrons. The molecule has 0 aliphatic carbocycles. The van der Waals surface area contributed by atoms with E-state index in [0.717, 1.165) is 17.2 Å². The van der Waals surface area contributed by atoms with Gasteiger partial charge in [-0.3, -0.25) is 9.59 Å². The van der Waals surface area contributed by atoms with Gasteiger partial charge in [0.2, 0.25) is 0 Å². The average molecular weight is 396 g/mol. The number of benzene rings is 2. The van der Waals surface area contributed by atoms with Crippen molar-refractivity contribution >= 4 is 11.9 Å². The van der Waals surface area contributed by atoms with Gasteiger partial charge in [0.25, 0.3) is 5.91 Å². The van der Waals surface area contributed by atoms with E-state index >= 15 is 0 Å². The minimum absolute atomic E-state index is 0.0167. The van der Waals surface area contributed by atoms with Gasteiger partial charge in [-0.25, -0.2) is 4.39 Å². The summed E-state index contributed by atoms with van der Waals surface area (Å²) >= 11 is 0.